The van der Waals surface area contributed by atoms with E-state index in [1.807, 2.05) is 0 Å². The second-order valence-corrected chi connectivity index (χ2v) is 7.24. The van der Waals surface area contributed by atoms with Crippen LogP contribution in [0.1, 0.15) is 24.6 Å². The summed E-state index contributed by atoms with van der Waals surface area (Å²) in [5, 5.41) is 6.95. The number of benzene rings is 1. The molecule has 2 aliphatic rings. The third-order valence-corrected chi connectivity index (χ3v) is 4.83. The van der Waals surface area contributed by atoms with E-state index >= 15 is 0 Å². The fourth-order valence-corrected chi connectivity index (χ4v) is 3.09. The number of piperazine rings is 1. The minimum Gasteiger partial charge on any atom is -0.485 e. The highest BCUT2D eigenvalue weighted by atomic mass is 19.1. The molecule has 0 atom stereocenters. The number of carbonyl (C=O) groups excluding carboxylic acids is 1. The summed E-state index contributed by atoms with van der Waals surface area (Å²) in [6, 6.07) is 6.20. The van der Waals surface area contributed by atoms with Crippen LogP contribution in [0.15, 0.2) is 28.8 Å². The number of hydrogen-bond acceptors (Lipinski definition) is 7. The minimum absolute atomic E-state index is 0.124. The normalized spacial score (nSPS) is 18.2. The molecule has 28 heavy (non-hydrogen) atoms. The monoisotopic (exact) mass is 389 g/mol. The van der Waals surface area contributed by atoms with Crippen molar-refractivity contribution in [2.75, 3.05) is 32.7 Å². The lowest BCUT2D eigenvalue weighted by Gasteiger charge is -2.33. The van der Waals surface area contributed by atoms with Gasteiger partial charge in [0.2, 0.25) is 17.6 Å². The van der Waals surface area contributed by atoms with Gasteiger partial charge in [0.05, 0.1) is 13.1 Å². The van der Waals surface area contributed by atoms with Crippen molar-refractivity contribution >= 4 is 5.91 Å². The third kappa shape index (κ3) is 5.49. The predicted octanol–water partition coefficient (Wildman–Crippen LogP) is 1.18. The smallest absolute Gasteiger partial charge is 0.240 e. The highest BCUT2D eigenvalue weighted by molar-refractivity contribution is 5.78. The van der Waals surface area contributed by atoms with E-state index in [2.05, 4.69) is 25.3 Å². The molecule has 2 heterocycles. The Morgan fingerprint density at radius 3 is 2.61 bits per heavy atom. The van der Waals surface area contributed by atoms with Crippen LogP contribution in [0.3, 0.4) is 0 Å². The maximum atomic E-state index is 12.9. The van der Waals surface area contributed by atoms with Gasteiger partial charge in [-0.2, -0.15) is 4.98 Å². The van der Waals surface area contributed by atoms with Crippen molar-refractivity contribution in [1.82, 2.24) is 25.3 Å². The first-order valence-electron chi connectivity index (χ1n) is 9.58. The van der Waals surface area contributed by atoms with Crippen LogP contribution in [-0.4, -0.2) is 64.6 Å². The second kappa shape index (κ2) is 8.66. The number of rotatable bonds is 8. The molecule has 0 spiro atoms. The molecule has 1 saturated carbocycles. The second-order valence-electron chi connectivity index (χ2n) is 7.24. The Balaban J connectivity index is 1.18. The Morgan fingerprint density at radius 2 is 1.89 bits per heavy atom. The fourth-order valence-electron chi connectivity index (χ4n) is 3.09. The molecule has 2 aromatic rings. The lowest BCUT2D eigenvalue weighted by atomic mass is 10.3. The molecule has 0 radical (unpaired) electrons. The summed E-state index contributed by atoms with van der Waals surface area (Å²) in [4.78, 5) is 20.6. The first-order valence-corrected chi connectivity index (χ1v) is 9.58. The van der Waals surface area contributed by atoms with Gasteiger partial charge in [-0.3, -0.25) is 14.6 Å². The Labute approximate surface area is 162 Å². The van der Waals surface area contributed by atoms with E-state index in [0.29, 0.717) is 36.6 Å². The molecule has 4 rings (SSSR count). The van der Waals surface area contributed by atoms with Crippen LogP contribution in [0.25, 0.3) is 0 Å². The van der Waals surface area contributed by atoms with Gasteiger partial charge in [0, 0.05) is 32.2 Å². The first kappa shape index (κ1) is 18.8. The van der Waals surface area contributed by atoms with Crippen LogP contribution in [-0.2, 0) is 17.9 Å². The Kier molecular flexibility index (Phi) is 5.82. The summed E-state index contributed by atoms with van der Waals surface area (Å²) in [7, 11) is 0. The molecule has 1 aliphatic heterocycles. The minimum atomic E-state index is -0.308. The van der Waals surface area contributed by atoms with Crippen molar-refractivity contribution < 1.29 is 18.4 Å². The van der Waals surface area contributed by atoms with Crippen molar-refractivity contribution in [3.63, 3.8) is 0 Å². The molecular weight excluding hydrogens is 365 g/mol. The fraction of sp³-hybridized carbons (Fsp3) is 0.526. The molecular formula is C19H24FN5O3. The Bertz CT molecular complexity index is 785. The molecule has 1 aliphatic carbocycles. The van der Waals surface area contributed by atoms with E-state index in [4.69, 9.17) is 9.26 Å². The molecule has 8 nitrogen and oxygen atoms in total. The topological polar surface area (TPSA) is 83.7 Å². The zero-order valence-electron chi connectivity index (χ0n) is 15.6. The van der Waals surface area contributed by atoms with Gasteiger partial charge in [-0.25, -0.2) is 4.39 Å². The summed E-state index contributed by atoms with van der Waals surface area (Å²) < 4.78 is 23.7. The maximum absolute atomic E-state index is 12.9. The summed E-state index contributed by atoms with van der Waals surface area (Å²) >= 11 is 0. The molecule has 0 unspecified atom stereocenters. The van der Waals surface area contributed by atoms with Gasteiger partial charge in [0.15, 0.2) is 6.61 Å². The van der Waals surface area contributed by atoms with E-state index in [9.17, 15) is 9.18 Å². The zero-order chi connectivity index (χ0) is 19.3. The highest BCUT2D eigenvalue weighted by Gasteiger charge is 2.25. The van der Waals surface area contributed by atoms with Gasteiger partial charge in [-0.1, -0.05) is 5.16 Å². The molecule has 9 heteroatoms. The maximum Gasteiger partial charge on any atom is 0.240 e. The predicted molar refractivity (Wildman–Crippen MR) is 97.9 cm³/mol. The van der Waals surface area contributed by atoms with Crippen molar-refractivity contribution in [2.45, 2.75) is 32.0 Å². The largest absolute Gasteiger partial charge is 0.485 e. The average Bonchev–Trinajstić information content (AvgIpc) is 3.39. The van der Waals surface area contributed by atoms with Crippen molar-refractivity contribution in [2.24, 2.45) is 0 Å². The van der Waals surface area contributed by atoms with E-state index in [-0.39, 0.29) is 18.3 Å². The van der Waals surface area contributed by atoms with Crippen LogP contribution in [0.2, 0.25) is 0 Å². The molecule has 0 bridgehead atoms. The molecule has 1 amide bonds. The number of nitrogens with one attached hydrogen (secondary N) is 1. The van der Waals surface area contributed by atoms with E-state index in [0.717, 1.165) is 39.0 Å². The number of carbonyl (C=O) groups is 1. The van der Waals surface area contributed by atoms with Crippen LogP contribution >= 0.6 is 0 Å². The van der Waals surface area contributed by atoms with Crippen molar-refractivity contribution in [3.8, 4) is 5.75 Å². The van der Waals surface area contributed by atoms with Crippen LogP contribution in [0.5, 0.6) is 5.75 Å². The lowest BCUT2D eigenvalue weighted by molar-refractivity contribution is -0.122. The van der Waals surface area contributed by atoms with E-state index < -0.39 is 0 Å². The molecule has 150 valence electrons. The number of amides is 1. The summed E-state index contributed by atoms with van der Waals surface area (Å²) in [6.07, 6.45) is 2.22. The van der Waals surface area contributed by atoms with Crippen molar-refractivity contribution in [3.05, 3.63) is 41.8 Å². The Morgan fingerprint density at radius 1 is 1.18 bits per heavy atom. The Hall–Kier alpha value is -2.52. The molecule has 1 aromatic heterocycles. The van der Waals surface area contributed by atoms with Crippen LogP contribution in [0.4, 0.5) is 4.39 Å². The summed E-state index contributed by atoms with van der Waals surface area (Å²) in [5.74, 6) is 1.36. The van der Waals surface area contributed by atoms with Crippen molar-refractivity contribution in [1.29, 1.82) is 0 Å². The number of halogens is 1. The quantitative estimate of drug-likeness (QED) is 0.726. The van der Waals surface area contributed by atoms with Crippen LogP contribution < -0.4 is 10.1 Å². The van der Waals surface area contributed by atoms with Gasteiger partial charge in [0.1, 0.15) is 11.6 Å². The molecule has 1 saturated heterocycles. The van der Waals surface area contributed by atoms with E-state index in [1.165, 1.54) is 12.1 Å². The molecule has 2 fully saturated rings. The van der Waals surface area contributed by atoms with Gasteiger partial charge in [-0.05, 0) is 37.1 Å². The summed E-state index contributed by atoms with van der Waals surface area (Å²) in [5.41, 5.74) is 0. The average molecular weight is 389 g/mol. The third-order valence-electron chi connectivity index (χ3n) is 4.83. The number of aromatic nitrogens is 2. The van der Waals surface area contributed by atoms with Gasteiger partial charge < -0.3 is 14.6 Å². The van der Waals surface area contributed by atoms with Gasteiger partial charge in [0.25, 0.3) is 0 Å². The number of ether oxygens (including phenoxy) is 1. The number of hydrogen-bond donors (Lipinski definition) is 1. The van der Waals surface area contributed by atoms with Gasteiger partial charge in [-0.15, -0.1) is 0 Å². The molecule has 1 aromatic carbocycles. The number of nitrogens with zero attached hydrogens (tertiary/aromatic N) is 4. The first-order chi connectivity index (χ1) is 13.6. The standard InChI is InChI=1S/C19H24FN5O3/c20-14-1-5-16(6-2-14)27-13-17-22-19(28-23-17)12-25-9-7-24(8-10-25)11-18(26)21-15-3-4-15/h1-2,5-6,15H,3-4,7-13H2,(H,21,26). The van der Waals surface area contributed by atoms with E-state index in [1.54, 1.807) is 12.1 Å². The molecule has 1 N–H and O–H groups in total. The highest BCUT2D eigenvalue weighted by Crippen LogP contribution is 2.18. The summed E-state index contributed by atoms with van der Waals surface area (Å²) in [6.45, 7) is 4.58. The zero-order valence-corrected chi connectivity index (χ0v) is 15.6. The SMILES string of the molecule is O=C(CN1CCN(Cc2nc(COc3ccc(F)cc3)no2)CC1)NC1CC1. The lowest BCUT2D eigenvalue weighted by Crippen LogP contribution is -2.49. The van der Waals surface area contributed by atoms with Crippen LogP contribution in [0, 0.1) is 5.82 Å². The van der Waals surface area contributed by atoms with Gasteiger partial charge >= 0.3 is 0 Å².